The van der Waals surface area contributed by atoms with Gasteiger partial charge in [-0.25, -0.2) is 0 Å². The smallest absolute Gasteiger partial charge is 0 e. The molecule has 0 aromatic carbocycles. The molecule has 0 heterocycles. The van der Waals surface area contributed by atoms with E-state index in [4.69, 9.17) is 0 Å². The summed E-state index contributed by atoms with van der Waals surface area (Å²) >= 11 is 0. The van der Waals surface area contributed by atoms with Crippen LogP contribution in [0.25, 0.3) is 0 Å². The molecular formula is CH6CuFeMnNiSi. The van der Waals surface area contributed by atoms with E-state index in [9.17, 15) is 0 Å². The molecule has 2 radical (unpaired) electrons. The minimum absolute atomic E-state index is 0. The second kappa shape index (κ2) is 55.5. The van der Waals surface area contributed by atoms with Gasteiger partial charge >= 0.3 is 0 Å². The van der Waals surface area contributed by atoms with Gasteiger partial charge in [-0.15, -0.1) is 0 Å². The minimum atomic E-state index is 0. The Morgan fingerprint density at radius 2 is 1.17 bits per heavy atom. The van der Waals surface area contributed by atoms with Crippen molar-refractivity contribution in [2.75, 3.05) is 0 Å². The van der Waals surface area contributed by atoms with Gasteiger partial charge in [0.05, 0.1) is 0 Å². The van der Waals surface area contributed by atoms with Crippen LogP contribution in [0.2, 0.25) is 6.55 Å². The van der Waals surface area contributed by atoms with Crippen molar-refractivity contribution in [3.63, 3.8) is 0 Å². The molecule has 0 spiro atoms. The normalized spacial score (nSPS) is 1.50. The van der Waals surface area contributed by atoms with Crippen molar-refractivity contribution in [1.82, 2.24) is 0 Å². The first kappa shape index (κ1) is 40.9. The third-order valence-corrected chi connectivity index (χ3v) is 0. The molecule has 0 atom stereocenters. The molecule has 0 N–H and O–H groups in total. The number of hydrogen-bond acceptors (Lipinski definition) is 0. The fourth-order valence-electron chi connectivity index (χ4n) is 0. The van der Waals surface area contributed by atoms with E-state index in [0.717, 1.165) is 0 Å². The van der Waals surface area contributed by atoms with E-state index in [0.29, 0.717) is 0 Å². The molecule has 6 heavy (non-hydrogen) atoms. The van der Waals surface area contributed by atoms with Crippen LogP contribution in [0.4, 0.5) is 0 Å². The van der Waals surface area contributed by atoms with Gasteiger partial charge in [-0.1, -0.05) is 6.55 Å². The molecule has 0 aromatic rings. The Kier molecular flexibility index (Phi) is 378. The maximum absolute atomic E-state index is 2.14. The standard InChI is InChI=1S/CH6Si.Cu.Fe.Mn.Ni/c1-2;;;;/h1-2H3;;;;. The molecule has 0 unspecified atom stereocenters. The zero-order valence-electron chi connectivity index (χ0n) is 3.35. The molecule has 5 heteroatoms. The summed E-state index contributed by atoms with van der Waals surface area (Å²) in [5.41, 5.74) is 0. The fourth-order valence-corrected chi connectivity index (χ4v) is 0. The quantitative estimate of drug-likeness (QED) is 0.519. The number of hydrogen-bond donors (Lipinski definition) is 0. The van der Waals surface area contributed by atoms with Gasteiger partial charge in [-0.3, -0.25) is 0 Å². The fraction of sp³-hybridized carbons (Fsp3) is 1.00. The summed E-state index contributed by atoms with van der Waals surface area (Å²) in [7, 11) is 1.31. The summed E-state index contributed by atoms with van der Waals surface area (Å²) < 4.78 is 0. The Morgan fingerprint density at radius 1 is 1.17 bits per heavy atom. The van der Waals surface area contributed by atoms with Gasteiger partial charge in [0.2, 0.25) is 0 Å². The Morgan fingerprint density at radius 3 is 1.17 bits per heavy atom. The second-order valence-corrected chi connectivity index (χ2v) is 0. The largest absolute Gasteiger partial charge is 0.0777 e. The monoisotopic (exact) mass is 278 g/mol. The molecule has 0 bridgehead atoms. The predicted octanol–water partition coefficient (Wildman–Crippen LogP) is -0.610. The first-order valence-corrected chi connectivity index (χ1v) is 3.00. The van der Waals surface area contributed by atoms with Crippen LogP contribution in [0.15, 0.2) is 0 Å². The van der Waals surface area contributed by atoms with Gasteiger partial charge in [-0.05, 0) is 10.2 Å². The first-order chi connectivity index (χ1) is 1.00. The molecule has 0 saturated heterocycles. The maximum Gasteiger partial charge on any atom is 0 e. The summed E-state index contributed by atoms with van der Waals surface area (Å²) in [5.74, 6) is 0. The summed E-state index contributed by atoms with van der Waals surface area (Å²) in [5, 5.41) is 0. The van der Waals surface area contributed by atoms with Crippen LogP contribution < -0.4 is 0 Å². The molecule has 0 saturated carbocycles. The molecule has 0 nitrogen and oxygen atoms in total. The Bertz CT molecular complexity index is 15.5. The van der Waals surface area contributed by atoms with Crippen LogP contribution in [0.3, 0.4) is 0 Å². The van der Waals surface area contributed by atoms with Gasteiger partial charge in [0, 0.05) is 67.7 Å². The van der Waals surface area contributed by atoms with Crippen molar-refractivity contribution in [3.8, 4) is 0 Å². The van der Waals surface area contributed by atoms with E-state index < -0.39 is 0 Å². The molecule has 0 aliphatic rings. The first-order valence-electron chi connectivity index (χ1n) is 1.00. The molecule has 0 fully saturated rings. The third kappa shape index (κ3) is 33.8. The number of rotatable bonds is 0. The molecule has 0 aliphatic carbocycles. The Hall–Kier alpha value is 2.27. The molecule has 0 amide bonds. The van der Waals surface area contributed by atoms with Crippen molar-refractivity contribution < 1.29 is 67.7 Å². The topological polar surface area (TPSA) is 0 Å². The van der Waals surface area contributed by atoms with E-state index >= 15 is 0 Å². The van der Waals surface area contributed by atoms with Gasteiger partial charge < -0.3 is 0 Å². The van der Waals surface area contributed by atoms with Crippen LogP contribution >= 0.6 is 0 Å². The van der Waals surface area contributed by atoms with Gasteiger partial charge in [0.15, 0.2) is 0 Å². The average Bonchev–Trinajstić information content (AvgIpc) is 1.00. The van der Waals surface area contributed by atoms with Crippen molar-refractivity contribution >= 4 is 10.2 Å². The molecular weight excluding hydrogens is 273 g/mol. The van der Waals surface area contributed by atoms with Crippen molar-refractivity contribution in [2.45, 2.75) is 6.55 Å². The molecule has 0 rings (SSSR count). The minimum Gasteiger partial charge on any atom is -0.0777 e. The molecule has 0 aromatic heterocycles. The van der Waals surface area contributed by atoms with Crippen molar-refractivity contribution in [3.05, 3.63) is 0 Å². The maximum atomic E-state index is 2.14. The van der Waals surface area contributed by atoms with E-state index in [2.05, 4.69) is 6.55 Å². The predicted molar refractivity (Wildman–Crippen MR) is 15.8 cm³/mol. The second-order valence-electron chi connectivity index (χ2n) is 0. The average molecular weight is 279 g/mol. The van der Waals surface area contributed by atoms with Crippen molar-refractivity contribution in [2.24, 2.45) is 0 Å². The van der Waals surface area contributed by atoms with Gasteiger partial charge in [0.25, 0.3) is 0 Å². The van der Waals surface area contributed by atoms with Crippen LogP contribution in [0.1, 0.15) is 0 Å². The zero-order valence-corrected chi connectivity index (χ0v) is 9.56. The van der Waals surface area contributed by atoms with Gasteiger partial charge in [-0.2, -0.15) is 0 Å². The van der Waals surface area contributed by atoms with Gasteiger partial charge in [0.1, 0.15) is 0 Å². The summed E-state index contributed by atoms with van der Waals surface area (Å²) in [6.07, 6.45) is 0. The third-order valence-electron chi connectivity index (χ3n) is 0. The van der Waals surface area contributed by atoms with E-state index in [-0.39, 0.29) is 67.7 Å². The van der Waals surface area contributed by atoms with E-state index in [1.54, 1.807) is 0 Å². The van der Waals surface area contributed by atoms with Crippen molar-refractivity contribution in [1.29, 1.82) is 0 Å². The van der Waals surface area contributed by atoms with Crippen LogP contribution in [0.5, 0.6) is 0 Å². The zero-order chi connectivity index (χ0) is 2.00. The summed E-state index contributed by atoms with van der Waals surface area (Å²) in [6.45, 7) is 2.14. The van der Waals surface area contributed by atoms with E-state index in [1.807, 2.05) is 0 Å². The van der Waals surface area contributed by atoms with Crippen LogP contribution in [0, 0.1) is 0 Å². The van der Waals surface area contributed by atoms with Crippen LogP contribution in [-0.2, 0) is 67.7 Å². The SMILES string of the molecule is C[SiH3].[Cu].[Fe].[Mn].[Ni]. The molecule has 50 valence electrons. The van der Waals surface area contributed by atoms with Crippen LogP contribution in [-0.4, -0.2) is 10.2 Å². The Balaban J connectivity index is -0.000000000833. The molecule has 0 aliphatic heterocycles. The van der Waals surface area contributed by atoms with E-state index in [1.165, 1.54) is 10.2 Å². The summed E-state index contributed by atoms with van der Waals surface area (Å²) in [6, 6.07) is 0. The summed E-state index contributed by atoms with van der Waals surface area (Å²) in [4.78, 5) is 0. The Labute approximate surface area is 83.7 Å².